The molecule has 0 spiro atoms. The maximum absolute atomic E-state index is 5.23. The molecule has 3 aromatic heterocycles. The molecule has 57 heavy (non-hydrogen) atoms. The first kappa shape index (κ1) is 32.7. The van der Waals surface area contributed by atoms with Crippen LogP contribution in [0.4, 0.5) is 0 Å². The molecule has 0 aliphatic rings. The van der Waals surface area contributed by atoms with Gasteiger partial charge in [-0.15, -0.1) is 0 Å². The van der Waals surface area contributed by atoms with E-state index in [1.165, 1.54) is 27.3 Å². The van der Waals surface area contributed by atoms with Gasteiger partial charge in [0.1, 0.15) is 0 Å². The zero-order chi connectivity index (χ0) is 37.7. The molecule has 0 aliphatic carbocycles. The molecule has 8 aromatic carbocycles. The highest BCUT2D eigenvalue weighted by atomic mass is 15.0. The molecule has 0 atom stereocenters. The number of para-hydroxylation sites is 3. The lowest BCUT2D eigenvalue weighted by molar-refractivity contribution is 1.18. The third-order valence-electron chi connectivity index (χ3n) is 11.0. The summed E-state index contributed by atoms with van der Waals surface area (Å²) < 4.78 is 2.40. The summed E-state index contributed by atoms with van der Waals surface area (Å²) in [5.74, 6) is 0.690. The number of pyridine rings is 1. The van der Waals surface area contributed by atoms with Gasteiger partial charge in [-0.3, -0.25) is 4.98 Å². The van der Waals surface area contributed by atoms with Gasteiger partial charge in [0.25, 0.3) is 0 Å². The van der Waals surface area contributed by atoms with Crippen LogP contribution in [-0.4, -0.2) is 19.5 Å². The minimum Gasteiger partial charge on any atom is -0.309 e. The molecule has 4 heteroatoms. The van der Waals surface area contributed by atoms with Crippen LogP contribution in [0.25, 0.3) is 105 Å². The fourth-order valence-corrected chi connectivity index (χ4v) is 8.36. The maximum Gasteiger partial charge on any atom is 0.160 e. The Labute approximate surface area is 330 Å². The standard InChI is InChI=1S/C53H34N4/c1-4-15-35(16-5-1)36-27-29-37(30-28-36)47-33-48(56-53(55-47)38-17-6-2-7-18-38)39-19-14-20-40(31-39)51-45-34-54-46-25-12-10-23-42(46)44(45)32-50-52(51)43-24-11-13-26-49(43)57(50)41-21-8-3-9-22-41/h1-34H. The van der Waals surface area contributed by atoms with Gasteiger partial charge in [-0.25, -0.2) is 9.97 Å². The van der Waals surface area contributed by atoms with E-state index in [-0.39, 0.29) is 0 Å². The summed E-state index contributed by atoms with van der Waals surface area (Å²) in [5.41, 5.74) is 13.8. The highest BCUT2D eigenvalue weighted by Gasteiger charge is 2.21. The highest BCUT2D eigenvalue weighted by molar-refractivity contribution is 6.26. The van der Waals surface area contributed by atoms with Gasteiger partial charge >= 0.3 is 0 Å². The van der Waals surface area contributed by atoms with Crippen LogP contribution in [0.3, 0.4) is 0 Å². The molecule has 3 heterocycles. The van der Waals surface area contributed by atoms with Crippen molar-refractivity contribution in [2.75, 3.05) is 0 Å². The van der Waals surface area contributed by atoms with Crippen molar-refractivity contribution in [2.24, 2.45) is 0 Å². The summed E-state index contributed by atoms with van der Waals surface area (Å²) >= 11 is 0. The van der Waals surface area contributed by atoms with E-state index in [2.05, 4.69) is 187 Å². The molecule has 0 saturated heterocycles. The van der Waals surface area contributed by atoms with Crippen LogP contribution >= 0.6 is 0 Å². The zero-order valence-corrected chi connectivity index (χ0v) is 30.9. The monoisotopic (exact) mass is 726 g/mol. The van der Waals surface area contributed by atoms with Gasteiger partial charge in [-0.05, 0) is 64.5 Å². The van der Waals surface area contributed by atoms with Crippen LogP contribution < -0.4 is 0 Å². The van der Waals surface area contributed by atoms with Gasteiger partial charge < -0.3 is 4.57 Å². The molecule has 4 nitrogen and oxygen atoms in total. The van der Waals surface area contributed by atoms with E-state index in [1.807, 2.05) is 24.3 Å². The number of benzene rings is 8. The first-order valence-electron chi connectivity index (χ1n) is 19.3. The predicted molar refractivity (Wildman–Crippen MR) is 236 cm³/mol. The molecule has 11 rings (SSSR count). The SMILES string of the molecule is c1ccc(-c2ccc(-c3cc(-c4cccc(-c5c6cnc7ccccc7c6cc6c5c5ccccc5n6-c5ccccc5)c4)nc(-c4ccccc4)n3)cc2)cc1. The molecule has 266 valence electrons. The van der Waals surface area contributed by atoms with Gasteiger partial charge in [0.2, 0.25) is 0 Å². The van der Waals surface area contributed by atoms with Crippen LogP contribution in [0.1, 0.15) is 0 Å². The van der Waals surface area contributed by atoms with Crippen LogP contribution in [0.15, 0.2) is 206 Å². The Bertz CT molecular complexity index is 3260. The van der Waals surface area contributed by atoms with E-state index in [4.69, 9.17) is 15.0 Å². The average molecular weight is 727 g/mol. The van der Waals surface area contributed by atoms with Crippen molar-refractivity contribution in [3.8, 4) is 61.8 Å². The molecule has 0 amide bonds. The van der Waals surface area contributed by atoms with E-state index >= 15 is 0 Å². The third kappa shape index (κ3) is 5.66. The Morgan fingerprint density at radius 2 is 0.930 bits per heavy atom. The van der Waals surface area contributed by atoms with Crippen molar-refractivity contribution in [3.63, 3.8) is 0 Å². The van der Waals surface area contributed by atoms with E-state index in [0.717, 1.165) is 72.2 Å². The highest BCUT2D eigenvalue weighted by Crippen LogP contribution is 2.45. The summed E-state index contributed by atoms with van der Waals surface area (Å²) in [5, 5.41) is 5.80. The molecule has 0 unspecified atom stereocenters. The van der Waals surface area contributed by atoms with Gasteiger partial charge in [0, 0.05) is 55.7 Å². The average Bonchev–Trinajstić information content (AvgIpc) is 3.63. The zero-order valence-electron chi connectivity index (χ0n) is 30.9. The lowest BCUT2D eigenvalue weighted by Crippen LogP contribution is -1.96. The second kappa shape index (κ2) is 13.6. The van der Waals surface area contributed by atoms with Crippen molar-refractivity contribution >= 4 is 43.5 Å². The Morgan fingerprint density at radius 1 is 0.351 bits per heavy atom. The second-order valence-electron chi connectivity index (χ2n) is 14.4. The smallest absolute Gasteiger partial charge is 0.160 e. The number of fused-ring (bicyclic) bond motifs is 6. The van der Waals surface area contributed by atoms with Gasteiger partial charge in [-0.2, -0.15) is 0 Å². The lowest BCUT2D eigenvalue weighted by atomic mass is 9.91. The molecule has 0 N–H and O–H groups in total. The van der Waals surface area contributed by atoms with Crippen molar-refractivity contribution in [1.29, 1.82) is 0 Å². The van der Waals surface area contributed by atoms with Crippen molar-refractivity contribution in [3.05, 3.63) is 206 Å². The summed E-state index contributed by atoms with van der Waals surface area (Å²) in [4.78, 5) is 15.4. The van der Waals surface area contributed by atoms with Crippen molar-refractivity contribution in [2.45, 2.75) is 0 Å². The Hall–Kier alpha value is -7.69. The third-order valence-corrected chi connectivity index (χ3v) is 11.0. The Balaban J connectivity index is 1.15. The maximum atomic E-state index is 5.23. The molecule has 0 aliphatic heterocycles. The summed E-state index contributed by atoms with van der Waals surface area (Å²) in [6.07, 6.45) is 2.06. The molecule has 11 aromatic rings. The fraction of sp³-hybridized carbons (Fsp3) is 0. The number of nitrogens with zero attached hydrogens (tertiary/aromatic N) is 4. The summed E-state index contributed by atoms with van der Waals surface area (Å²) in [6.45, 7) is 0. The second-order valence-corrected chi connectivity index (χ2v) is 14.4. The van der Waals surface area contributed by atoms with Gasteiger partial charge in [0.05, 0.1) is 27.9 Å². The number of aromatic nitrogens is 4. The molecule has 0 saturated carbocycles. The van der Waals surface area contributed by atoms with Crippen LogP contribution in [0, 0.1) is 0 Å². The quantitative estimate of drug-likeness (QED) is 0.160. The molecular weight excluding hydrogens is 693 g/mol. The Kier molecular flexibility index (Phi) is 7.78. The van der Waals surface area contributed by atoms with Crippen LogP contribution in [0.2, 0.25) is 0 Å². The van der Waals surface area contributed by atoms with E-state index in [0.29, 0.717) is 5.82 Å². The topological polar surface area (TPSA) is 43.6 Å². The van der Waals surface area contributed by atoms with E-state index in [1.54, 1.807) is 0 Å². The lowest BCUT2D eigenvalue weighted by Gasteiger charge is -2.15. The van der Waals surface area contributed by atoms with Crippen LogP contribution in [0.5, 0.6) is 0 Å². The number of hydrogen-bond donors (Lipinski definition) is 0. The van der Waals surface area contributed by atoms with Gasteiger partial charge in [0.15, 0.2) is 5.82 Å². The normalized spacial score (nSPS) is 11.5. The van der Waals surface area contributed by atoms with E-state index < -0.39 is 0 Å². The number of hydrogen-bond acceptors (Lipinski definition) is 3. The first-order valence-corrected chi connectivity index (χ1v) is 19.3. The minimum absolute atomic E-state index is 0.690. The Morgan fingerprint density at radius 3 is 1.70 bits per heavy atom. The summed E-state index contributed by atoms with van der Waals surface area (Å²) in [6, 6.07) is 70.5. The number of rotatable bonds is 6. The van der Waals surface area contributed by atoms with E-state index in [9.17, 15) is 0 Å². The van der Waals surface area contributed by atoms with Crippen LogP contribution in [-0.2, 0) is 0 Å². The molecule has 0 radical (unpaired) electrons. The molecular formula is C53H34N4. The first-order chi connectivity index (χ1) is 28.3. The van der Waals surface area contributed by atoms with Gasteiger partial charge in [-0.1, -0.05) is 158 Å². The predicted octanol–water partition coefficient (Wildman–Crippen LogP) is 13.6. The minimum atomic E-state index is 0.690. The summed E-state index contributed by atoms with van der Waals surface area (Å²) in [7, 11) is 0. The van der Waals surface area contributed by atoms with Crippen molar-refractivity contribution < 1.29 is 0 Å². The molecule has 0 bridgehead atoms. The van der Waals surface area contributed by atoms with Crippen molar-refractivity contribution in [1.82, 2.24) is 19.5 Å². The largest absolute Gasteiger partial charge is 0.309 e. The molecule has 0 fully saturated rings. The fourth-order valence-electron chi connectivity index (χ4n) is 8.36.